The van der Waals surface area contributed by atoms with Crippen molar-refractivity contribution in [3.05, 3.63) is 65.4 Å². The van der Waals surface area contributed by atoms with E-state index in [2.05, 4.69) is 5.32 Å². The maximum Gasteiger partial charge on any atom is 0.282 e. The number of aliphatic hydroxyl groups is 1. The van der Waals surface area contributed by atoms with Crippen molar-refractivity contribution < 1.29 is 28.3 Å². The van der Waals surface area contributed by atoms with Crippen LogP contribution in [0.3, 0.4) is 0 Å². The Hall–Kier alpha value is -3.59. The topological polar surface area (TPSA) is 90.0 Å². The number of carbonyl (C=O) groups excluding carboxylic acids is 3. The molecule has 0 aliphatic carbocycles. The number of amides is 3. The summed E-state index contributed by atoms with van der Waals surface area (Å²) in [4.78, 5) is 39.5. The van der Waals surface area contributed by atoms with Gasteiger partial charge in [0, 0.05) is 32.3 Å². The number of carbonyl (C=O) groups is 3. The predicted molar refractivity (Wildman–Crippen MR) is 106 cm³/mol. The molecule has 30 heavy (non-hydrogen) atoms. The van der Waals surface area contributed by atoms with Crippen LogP contribution in [-0.2, 0) is 14.4 Å². The van der Waals surface area contributed by atoms with Gasteiger partial charge in [0.05, 0.1) is 17.9 Å². The van der Waals surface area contributed by atoms with Crippen LogP contribution >= 0.6 is 0 Å². The molecule has 3 rings (SSSR count). The fourth-order valence-electron chi connectivity index (χ4n) is 3.20. The second-order valence-corrected chi connectivity index (χ2v) is 6.67. The van der Waals surface area contributed by atoms with Gasteiger partial charge in [0.2, 0.25) is 5.91 Å². The molecule has 0 unspecified atom stereocenters. The molecule has 2 aromatic rings. The van der Waals surface area contributed by atoms with Crippen molar-refractivity contribution in [2.75, 3.05) is 30.4 Å². The average Bonchev–Trinajstić information content (AvgIpc) is 2.93. The Labute approximate surface area is 171 Å². The minimum Gasteiger partial charge on any atom is -0.395 e. The third-order valence-corrected chi connectivity index (χ3v) is 4.52. The summed E-state index contributed by atoms with van der Waals surface area (Å²) >= 11 is 0. The summed E-state index contributed by atoms with van der Waals surface area (Å²) in [5.74, 6) is -3.73. The lowest BCUT2D eigenvalue weighted by atomic mass is 10.0. The highest BCUT2D eigenvalue weighted by Crippen LogP contribution is 2.35. The van der Waals surface area contributed by atoms with Gasteiger partial charge >= 0.3 is 0 Å². The molecule has 1 aliphatic heterocycles. The van der Waals surface area contributed by atoms with E-state index in [0.29, 0.717) is 22.2 Å². The van der Waals surface area contributed by atoms with Crippen molar-refractivity contribution >= 4 is 34.7 Å². The van der Waals surface area contributed by atoms with Crippen molar-refractivity contribution in [3.63, 3.8) is 0 Å². The Morgan fingerprint density at radius 2 is 1.77 bits per heavy atom. The fraction of sp³-hybridized carbons (Fsp3) is 0.190. The molecule has 0 fully saturated rings. The molecule has 2 N–H and O–H groups in total. The molecular weight excluding hydrogens is 396 g/mol. The minimum absolute atomic E-state index is 0.00838. The van der Waals surface area contributed by atoms with Crippen molar-refractivity contribution in [1.82, 2.24) is 4.90 Å². The number of aliphatic hydroxyl groups excluding tert-OH is 1. The highest BCUT2D eigenvalue weighted by atomic mass is 19.1. The second kappa shape index (κ2) is 8.42. The number of rotatable bonds is 6. The number of hydrogen-bond acceptors (Lipinski definition) is 5. The molecule has 1 heterocycles. The molecule has 0 atom stereocenters. The molecule has 1 aliphatic rings. The normalized spacial score (nSPS) is 13.8. The average molecular weight is 415 g/mol. The summed E-state index contributed by atoms with van der Waals surface area (Å²) in [7, 11) is 1.52. The molecule has 0 bridgehead atoms. The maximum absolute atomic E-state index is 14.3. The number of hydrogen-bond donors (Lipinski definition) is 2. The van der Waals surface area contributed by atoms with Gasteiger partial charge in [0.25, 0.3) is 11.8 Å². The lowest BCUT2D eigenvalue weighted by Crippen LogP contribution is -2.35. The van der Waals surface area contributed by atoms with Crippen LogP contribution in [0.5, 0.6) is 0 Å². The van der Waals surface area contributed by atoms with Gasteiger partial charge in [-0.1, -0.05) is 12.1 Å². The Morgan fingerprint density at radius 3 is 2.33 bits per heavy atom. The molecule has 0 spiro atoms. The van der Waals surface area contributed by atoms with Crippen LogP contribution in [0.2, 0.25) is 0 Å². The summed E-state index contributed by atoms with van der Waals surface area (Å²) in [5, 5.41) is 11.9. The molecular formula is C21H19F2N3O4. The van der Waals surface area contributed by atoms with Crippen LogP contribution < -0.4 is 10.2 Å². The summed E-state index contributed by atoms with van der Waals surface area (Å²) in [6.07, 6.45) is 0. The number of nitrogens with zero attached hydrogens (tertiary/aromatic N) is 2. The first-order chi connectivity index (χ1) is 14.2. The number of benzene rings is 2. The smallest absolute Gasteiger partial charge is 0.282 e. The Balaban J connectivity index is 2.09. The molecule has 0 radical (unpaired) electrons. The van der Waals surface area contributed by atoms with Gasteiger partial charge in [-0.05, 0) is 29.8 Å². The largest absolute Gasteiger partial charge is 0.395 e. The van der Waals surface area contributed by atoms with Crippen LogP contribution in [0.4, 0.5) is 20.2 Å². The first kappa shape index (κ1) is 21.1. The predicted octanol–water partition coefficient (Wildman–Crippen LogP) is 2.13. The van der Waals surface area contributed by atoms with E-state index in [1.807, 2.05) is 0 Å². The van der Waals surface area contributed by atoms with E-state index in [9.17, 15) is 28.3 Å². The van der Waals surface area contributed by atoms with E-state index in [0.717, 1.165) is 12.1 Å². The van der Waals surface area contributed by atoms with Crippen LogP contribution in [0, 0.1) is 11.6 Å². The van der Waals surface area contributed by atoms with Gasteiger partial charge in [-0.3, -0.25) is 14.4 Å². The minimum atomic E-state index is -1.05. The van der Waals surface area contributed by atoms with Gasteiger partial charge in [0.1, 0.15) is 17.3 Å². The van der Waals surface area contributed by atoms with Crippen molar-refractivity contribution in [2.45, 2.75) is 6.92 Å². The van der Waals surface area contributed by atoms with E-state index < -0.39 is 23.4 Å². The molecule has 3 amide bonds. The lowest BCUT2D eigenvalue weighted by molar-refractivity contribution is -0.120. The summed E-state index contributed by atoms with van der Waals surface area (Å²) in [5.41, 5.74) is 0.479. The van der Waals surface area contributed by atoms with Crippen molar-refractivity contribution in [1.29, 1.82) is 0 Å². The van der Waals surface area contributed by atoms with Crippen LogP contribution in [0.1, 0.15) is 12.5 Å². The number of imide groups is 1. The van der Waals surface area contributed by atoms with Gasteiger partial charge in [0.15, 0.2) is 0 Å². The lowest BCUT2D eigenvalue weighted by Gasteiger charge is -2.20. The summed E-state index contributed by atoms with van der Waals surface area (Å²) in [6, 6.07) is 8.78. The first-order valence-electron chi connectivity index (χ1n) is 9.02. The van der Waals surface area contributed by atoms with Crippen molar-refractivity contribution in [2.24, 2.45) is 0 Å². The third-order valence-electron chi connectivity index (χ3n) is 4.52. The number of likely N-dealkylation sites (N-methyl/N-ethyl adjacent to an activating group) is 1. The molecule has 0 aromatic heterocycles. The van der Waals surface area contributed by atoms with Crippen molar-refractivity contribution in [3.8, 4) is 0 Å². The number of anilines is 2. The van der Waals surface area contributed by atoms with E-state index in [4.69, 9.17) is 0 Å². The SMILES string of the molecule is CC(=O)Nc1ccc(C2=C(N(C)CCO)C(=O)N(c3ccc(F)cc3F)C2=O)cc1. The molecule has 156 valence electrons. The summed E-state index contributed by atoms with van der Waals surface area (Å²) < 4.78 is 27.6. The Bertz CT molecular complexity index is 1050. The van der Waals surface area contributed by atoms with Gasteiger partial charge < -0.3 is 15.3 Å². The van der Waals surface area contributed by atoms with Crippen LogP contribution in [0.15, 0.2) is 48.2 Å². The Morgan fingerprint density at radius 1 is 1.10 bits per heavy atom. The monoisotopic (exact) mass is 415 g/mol. The molecule has 0 saturated heterocycles. The van der Waals surface area contributed by atoms with Gasteiger partial charge in [-0.25, -0.2) is 13.7 Å². The molecule has 7 nitrogen and oxygen atoms in total. The van der Waals surface area contributed by atoms with E-state index in [1.165, 1.54) is 18.9 Å². The zero-order valence-corrected chi connectivity index (χ0v) is 16.3. The first-order valence-corrected chi connectivity index (χ1v) is 9.02. The van der Waals surface area contributed by atoms with E-state index >= 15 is 0 Å². The molecule has 2 aromatic carbocycles. The summed E-state index contributed by atoms with van der Waals surface area (Å²) in [6.45, 7) is 1.13. The Kier molecular flexibility index (Phi) is 5.93. The standard InChI is InChI=1S/C21H19F2N3O4/c1-12(28)24-15-6-3-13(4-7-15)18-19(25(2)9-10-27)21(30)26(20(18)29)17-8-5-14(22)11-16(17)23/h3-8,11,27H,9-10H2,1-2H3,(H,24,28). The third kappa shape index (κ3) is 3.92. The van der Waals surface area contributed by atoms with Gasteiger partial charge in [-0.2, -0.15) is 0 Å². The number of nitrogens with one attached hydrogen (secondary N) is 1. The fourth-order valence-corrected chi connectivity index (χ4v) is 3.20. The zero-order valence-electron chi connectivity index (χ0n) is 16.3. The van der Waals surface area contributed by atoms with E-state index in [-0.39, 0.29) is 36.0 Å². The van der Waals surface area contributed by atoms with Gasteiger partial charge in [-0.15, -0.1) is 0 Å². The highest BCUT2D eigenvalue weighted by Gasteiger charge is 2.42. The highest BCUT2D eigenvalue weighted by molar-refractivity contribution is 6.45. The quantitative estimate of drug-likeness (QED) is 0.706. The maximum atomic E-state index is 14.3. The molecule has 0 saturated carbocycles. The number of halogens is 2. The van der Waals surface area contributed by atoms with Crippen LogP contribution in [-0.4, -0.2) is 47.9 Å². The second-order valence-electron chi connectivity index (χ2n) is 6.67. The van der Waals surface area contributed by atoms with E-state index in [1.54, 1.807) is 24.3 Å². The van der Waals surface area contributed by atoms with Crippen LogP contribution in [0.25, 0.3) is 5.57 Å². The molecule has 9 heteroatoms. The zero-order chi connectivity index (χ0) is 22.0.